The maximum Gasteiger partial charge on any atom is 0.410 e. The van der Waals surface area contributed by atoms with Gasteiger partial charge in [0, 0.05) is 105 Å². The summed E-state index contributed by atoms with van der Waals surface area (Å²) in [5.74, 6) is 1.71. The number of aromatic nitrogens is 5. The predicted octanol–water partition coefficient (Wildman–Crippen LogP) is 17.5. The van der Waals surface area contributed by atoms with Gasteiger partial charge in [-0.15, -0.1) is 0 Å². The number of nitriles is 1. The number of ether oxygens (including phenoxy) is 4. The Labute approximate surface area is 664 Å². The summed E-state index contributed by atoms with van der Waals surface area (Å²) in [7, 11) is 0. The molecule has 0 saturated carbocycles. The van der Waals surface area contributed by atoms with Crippen LogP contribution in [0.5, 0.6) is 0 Å². The van der Waals surface area contributed by atoms with Gasteiger partial charge < -0.3 is 73.6 Å². The average molecular weight is 1640 g/mol. The zero-order chi connectivity index (χ0) is 80.3. The number of hydrogen-bond donors (Lipinski definition) is 4. The molecule has 8 aromatic rings. The fraction of sp³-hybridized carbons (Fsp3) is 0.570. The van der Waals surface area contributed by atoms with E-state index in [1.807, 2.05) is 116 Å². The number of hydrogen-bond acceptors (Lipinski definition) is 25. The number of Topliss-reactive ketones (excluding diaryl/α,β-unsaturated/α-hetero) is 1. The molecule has 10 heterocycles. The summed E-state index contributed by atoms with van der Waals surface area (Å²) in [6.45, 7) is 40.6. The highest BCUT2D eigenvalue weighted by Crippen LogP contribution is 2.37. The van der Waals surface area contributed by atoms with Crippen LogP contribution >= 0.6 is 49.9 Å². The first-order valence-corrected chi connectivity index (χ1v) is 40.7. The number of carbonyl (C=O) groups excluding carboxylic acids is 5. The van der Waals surface area contributed by atoms with Crippen molar-refractivity contribution in [2.45, 2.75) is 197 Å². The van der Waals surface area contributed by atoms with E-state index in [0.717, 1.165) is 143 Å². The maximum atomic E-state index is 12.3. The van der Waals surface area contributed by atoms with Gasteiger partial charge in [0.15, 0.2) is 21.6 Å². The first kappa shape index (κ1) is 85.1. The van der Waals surface area contributed by atoms with Crippen molar-refractivity contribution in [3.8, 4) is 28.4 Å². The van der Waals surface area contributed by atoms with E-state index in [4.69, 9.17) is 48.3 Å². The van der Waals surface area contributed by atoms with Gasteiger partial charge in [-0.25, -0.2) is 34.1 Å². The molecule has 0 aliphatic carbocycles. The molecule has 3 aromatic carbocycles. The number of benzene rings is 3. The molecule has 0 spiro atoms. The first-order chi connectivity index (χ1) is 51.6. The van der Waals surface area contributed by atoms with Crippen molar-refractivity contribution in [2.24, 2.45) is 29.6 Å². The predicted molar refractivity (Wildman–Crippen MR) is 434 cm³/mol. The minimum absolute atomic E-state index is 0.00230. The van der Waals surface area contributed by atoms with Crippen LogP contribution in [0.25, 0.3) is 52.9 Å². The smallest absolute Gasteiger partial charge is 0.410 e. The van der Waals surface area contributed by atoms with Gasteiger partial charge in [0.2, 0.25) is 0 Å². The number of aryl methyl sites for hydroxylation is 2. The molecule has 0 bridgehead atoms. The first-order valence-electron chi connectivity index (χ1n) is 37.4. The van der Waals surface area contributed by atoms with Crippen molar-refractivity contribution in [2.75, 3.05) is 81.4 Å². The normalized spacial score (nSPS) is 19.4. The van der Waals surface area contributed by atoms with Crippen LogP contribution in [-0.4, -0.2) is 197 Å². The Morgan fingerprint density at radius 1 is 0.509 bits per heavy atom. The van der Waals surface area contributed by atoms with E-state index in [1.54, 1.807) is 83.9 Å². The van der Waals surface area contributed by atoms with Gasteiger partial charge in [0.25, 0.3) is 0 Å². The van der Waals surface area contributed by atoms with Crippen LogP contribution in [0, 0.1) is 54.9 Å². The van der Waals surface area contributed by atoms with E-state index < -0.39 is 40.4 Å². The van der Waals surface area contributed by atoms with Crippen LogP contribution in [0.4, 0.5) is 34.6 Å². The minimum atomic E-state index is -0.846. The zero-order valence-electron chi connectivity index (χ0n) is 66.4. The number of likely N-dealkylation sites (tertiary alicyclic amines) is 5. The number of thiazole rings is 3. The third-order valence-electron chi connectivity index (χ3n) is 19.1. The molecule has 27 nitrogen and oxygen atoms in total. The number of fused-ring (bicyclic) bond motifs is 3. The van der Waals surface area contributed by atoms with Gasteiger partial charge in [0.05, 0.1) is 49.0 Å². The second-order valence-electron chi connectivity index (χ2n) is 32.7. The zero-order valence-corrected chi connectivity index (χ0v) is 70.5. The molecular formula is C79H107BrN14O13S3. The second-order valence-corrected chi connectivity index (χ2v) is 36.7. The lowest BCUT2D eigenvalue weighted by Crippen LogP contribution is -2.36. The van der Waals surface area contributed by atoms with Crippen LogP contribution < -0.4 is 16.0 Å². The number of aliphatic carboxylic acids is 1. The van der Waals surface area contributed by atoms with E-state index in [9.17, 15) is 28.8 Å². The SMILES string of the molecule is CC(=O)C1CCN(C(=O)OC(C)(C)C)C1.CC(C)(C)OC(=O)N1CCC(C(=O)O)C1.CC(Nc1nc2ccc(Br)cc2s1)C1CCN(C(=O)OC(C)(C)C)C1.Cc1oncc1-c1ccc2nc(NC(C)C3CCN(C#N)C3)sc2c1.Cc1oncc1-c1ccc2nc(NC(C)C3CCN(C(=O)OC(C)(C)C)C3)sc2c1. The largest absolute Gasteiger partial charge is 0.481 e. The second kappa shape index (κ2) is 36.5. The molecule has 5 aliphatic heterocycles. The highest BCUT2D eigenvalue weighted by atomic mass is 79.9. The third kappa shape index (κ3) is 24.6. The lowest BCUT2D eigenvalue weighted by molar-refractivity contribution is -0.141. The molecule has 5 aromatic heterocycles. The summed E-state index contributed by atoms with van der Waals surface area (Å²) in [6, 6.07) is 19.3. The fourth-order valence-electron chi connectivity index (χ4n) is 13.1. The Morgan fingerprint density at radius 2 is 0.845 bits per heavy atom. The van der Waals surface area contributed by atoms with Crippen molar-refractivity contribution < 1.29 is 61.9 Å². The number of anilines is 3. The Morgan fingerprint density at radius 3 is 1.17 bits per heavy atom. The number of halogens is 1. The van der Waals surface area contributed by atoms with Crippen molar-refractivity contribution in [1.82, 2.24) is 49.8 Å². The molecule has 596 valence electrons. The topological polar surface area (TPSA) is 326 Å². The number of nitrogens with zero attached hydrogens (tertiary/aromatic N) is 11. The molecule has 0 radical (unpaired) electrons. The molecule has 4 N–H and O–H groups in total. The highest BCUT2D eigenvalue weighted by molar-refractivity contribution is 9.10. The number of carboxylic acids is 1. The van der Waals surface area contributed by atoms with Gasteiger partial charge in [-0.2, -0.15) is 5.26 Å². The van der Waals surface area contributed by atoms with Crippen molar-refractivity contribution in [1.29, 1.82) is 5.26 Å². The van der Waals surface area contributed by atoms with E-state index in [2.05, 4.69) is 98.4 Å². The molecule has 31 heteroatoms. The monoisotopic (exact) mass is 1630 g/mol. The summed E-state index contributed by atoms with van der Waals surface area (Å²) in [5.41, 5.74) is 5.23. The van der Waals surface area contributed by atoms with Crippen molar-refractivity contribution in [3.63, 3.8) is 0 Å². The van der Waals surface area contributed by atoms with Gasteiger partial charge in [-0.3, -0.25) is 9.59 Å². The number of carboxylic acid groups (broad SMARTS) is 1. The number of rotatable bonds is 13. The minimum Gasteiger partial charge on any atom is -0.481 e. The Kier molecular flexibility index (Phi) is 28.3. The van der Waals surface area contributed by atoms with Gasteiger partial charge in [0.1, 0.15) is 39.7 Å². The number of carbonyl (C=O) groups is 6. The Balaban J connectivity index is 0.000000162. The van der Waals surface area contributed by atoms with Crippen molar-refractivity contribution >= 4 is 132 Å². The van der Waals surface area contributed by atoms with Gasteiger partial charge in [-0.1, -0.05) is 72.4 Å². The fourth-order valence-corrected chi connectivity index (χ4v) is 16.6. The van der Waals surface area contributed by atoms with Crippen LogP contribution in [0.2, 0.25) is 0 Å². The van der Waals surface area contributed by atoms with Gasteiger partial charge in [-0.05, 0) is 228 Å². The summed E-state index contributed by atoms with van der Waals surface area (Å²) < 4.78 is 36.2. The van der Waals surface area contributed by atoms with Crippen LogP contribution in [-0.2, 0) is 28.5 Å². The van der Waals surface area contributed by atoms with E-state index in [0.29, 0.717) is 56.4 Å². The average Bonchev–Trinajstić information content (AvgIpc) is 1.67. The van der Waals surface area contributed by atoms with Gasteiger partial charge >= 0.3 is 30.3 Å². The highest BCUT2D eigenvalue weighted by Gasteiger charge is 2.37. The molecule has 110 heavy (non-hydrogen) atoms. The molecule has 8 unspecified atom stereocenters. The van der Waals surface area contributed by atoms with E-state index in [1.165, 1.54) is 4.90 Å². The molecule has 5 fully saturated rings. The quantitative estimate of drug-likeness (QED) is 0.0615. The van der Waals surface area contributed by atoms with E-state index in [-0.39, 0.29) is 48.6 Å². The van der Waals surface area contributed by atoms with Crippen LogP contribution in [0.1, 0.15) is 154 Å². The molecule has 4 amide bonds. The standard InChI is InChI=1S/C22H28N4O3S.C18H24BrN3O2S.C18H19N5OS.C11H19NO3.C10H17NO4/c1-13(16-8-9-26(12-16)21(27)28-22(3,4)5)24-20-25-18-7-6-15(10-19(18)30-20)17-11-23-29-14(17)2;1-11(12-7-8-22(10-12)17(23)24-18(2,3)4)20-16-21-14-6-5-13(19)9-15(14)25-16;1-11(14-5-6-23(9-14)10-19)21-18-22-16-4-3-13(7-17(16)25-18)15-8-20-24-12(15)2;1-8(13)9-5-6-12(7-9)10(14)15-11(2,3)4;1-10(2,3)15-9(14)11-5-4-7(6-11)8(12)13/h6-7,10-11,13,16H,8-9,12H2,1-5H3,(H,24,25);5-6,9,11-12H,7-8,10H2,1-4H3,(H,20,21);3-4,7-8,11,14H,5-6,9H2,1-2H3,(H,21,22);9H,5-7H2,1-4H3;7H,4-6H2,1-3H3,(H,12,13). The molecule has 8 atom stereocenters. The molecular weight excluding hydrogens is 1530 g/mol. The third-order valence-corrected chi connectivity index (χ3v) is 22.5. The maximum absolute atomic E-state index is 12.3. The number of amides is 4. The summed E-state index contributed by atoms with van der Waals surface area (Å²) in [5, 5.41) is 38.8. The number of nitrogens with one attached hydrogen (secondary N) is 3. The van der Waals surface area contributed by atoms with Crippen LogP contribution in [0.15, 0.2) is 80.5 Å². The number of ketones is 1. The van der Waals surface area contributed by atoms with Crippen molar-refractivity contribution in [3.05, 3.63) is 83.0 Å². The summed E-state index contributed by atoms with van der Waals surface area (Å²) >= 11 is 8.45. The molecule has 5 saturated heterocycles. The summed E-state index contributed by atoms with van der Waals surface area (Å²) in [4.78, 5) is 92.1. The summed E-state index contributed by atoms with van der Waals surface area (Å²) in [6.07, 6.45) is 8.79. The lowest BCUT2D eigenvalue weighted by Gasteiger charge is -2.25. The lowest BCUT2D eigenvalue weighted by atomic mass is 10.0. The molecule has 5 aliphatic rings. The molecule has 13 rings (SSSR count). The Hall–Kier alpha value is -8.86. The van der Waals surface area contributed by atoms with Crippen LogP contribution in [0.3, 0.4) is 0 Å². The Bertz CT molecular complexity index is 4480. The van der Waals surface area contributed by atoms with E-state index >= 15 is 0 Å².